The lowest BCUT2D eigenvalue weighted by molar-refractivity contribution is -0.384. The molecular formula is C28H17NO3. The average molecular weight is 415 g/mol. The molecule has 32 heavy (non-hydrogen) atoms. The molecule has 1 heterocycles. The minimum atomic E-state index is -0.317. The molecular weight excluding hydrogens is 398 g/mol. The SMILES string of the molecule is O=[N+]([O-])c1ccc(-c2cccc3c2oc2ccccc23)cc1-c1cccc2ccccc12. The number of hydrogen-bond donors (Lipinski definition) is 0. The number of fused-ring (bicyclic) bond motifs is 4. The molecule has 4 heteroatoms. The molecule has 0 aliphatic heterocycles. The Morgan fingerprint density at radius 2 is 1.31 bits per heavy atom. The van der Waals surface area contributed by atoms with Crippen LogP contribution in [0.15, 0.2) is 108 Å². The highest BCUT2D eigenvalue weighted by molar-refractivity contribution is 6.10. The van der Waals surface area contributed by atoms with E-state index in [4.69, 9.17) is 4.42 Å². The first-order valence-electron chi connectivity index (χ1n) is 10.4. The van der Waals surface area contributed by atoms with Crippen LogP contribution in [0.2, 0.25) is 0 Å². The van der Waals surface area contributed by atoms with Gasteiger partial charge in [-0.1, -0.05) is 78.9 Å². The van der Waals surface area contributed by atoms with Crippen molar-refractivity contribution < 1.29 is 9.34 Å². The molecule has 0 radical (unpaired) electrons. The fourth-order valence-corrected chi connectivity index (χ4v) is 4.51. The van der Waals surface area contributed by atoms with Crippen LogP contribution in [0.1, 0.15) is 0 Å². The van der Waals surface area contributed by atoms with Gasteiger partial charge in [0.05, 0.1) is 10.5 Å². The fourth-order valence-electron chi connectivity index (χ4n) is 4.51. The van der Waals surface area contributed by atoms with Gasteiger partial charge in [0.1, 0.15) is 11.2 Å². The molecule has 0 N–H and O–H groups in total. The summed E-state index contributed by atoms with van der Waals surface area (Å²) in [7, 11) is 0. The van der Waals surface area contributed by atoms with Crippen LogP contribution in [-0.2, 0) is 0 Å². The summed E-state index contributed by atoms with van der Waals surface area (Å²) in [4.78, 5) is 11.6. The number of nitrogens with zero attached hydrogens (tertiary/aromatic N) is 1. The van der Waals surface area contributed by atoms with Gasteiger partial charge in [-0.3, -0.25) is 10.1 Å². The molecule has 0 bridgehead atoms. The molecule has 0 saturated heterocycles. The van der Waals surface area contributed by atoms with Crippen molar-refractivity contribution in [3.05, 3.63) is 113 Å². The highest BCUT2D eigenvalue weighted by atomic mass is 16.6. The predicted molar refractivity (Wildman–Crippen MR) is 129 cm³/mol. The van der Waals surface area contributed by atoms with Gasteiger partial charge < -0.3 is 4.42 Å². The van der Waals surface area contributed by atoms with E-state index in [1.807, 2.05) is 91.0 Å². The largest absolute Gasteiger partial charge is 0.455 e. The van der Waals surface area contributed by atoms with E-state index in [2.05, 4.69) is 0 Å². The second kappa shape index (κ2) is 7.06. The summed E-state index contributed by atoms with van der Waals surface area (Å²) in [5.41, 5.74) is 4.92. The Morgan fingerprint density at radius 3 is 2.19 bits per heavy atom. The van der Waals surface area contributed by atoms with E-state index >= 15 is 0 Å². The third-order valence-electron chi connectivity index (χ3n) is 5.99. The lowest BCUT2D eigenvalue weighted by Crippen LogP contribution is -1.93. The Bertz CT molecular complexity index is 1660. The maximum Gasteiger partial charge on any atom is 0.277 e. The quantitative estimate of drug-likeness (QED) is 0.217. The van der Waals surface area contributed by atoms with Crippen LogP contribution in [0.4, 0.5) is 5.69 Å². The zero-order valence-electron chi connectivity index (χ0n) is 17.0. The van der Waals surface area contributed by atoms with Crippen LogP contribution in [0, 0.1) is 10.1 Å². The highest BCUT2D eigenvalue weighted by Crippen LogP contribution is 2.40. The molecule has 0 aliphatic rings. The fraction of sp³-hybridized carbons (Fsp3) is 0. The lowest BCUT2D eigenvalue weighted by Gasteiger charge is -2.10. The number of benzene rings is 5. The van der Waals surface area contributed by atoms with Gasteiger partial charge in [-0.2, -0.15) is 0 Å². The number of hydrogen-bond acceptors (Lipinski definition) is 3. The third-order valence-corrected chi connectivity index (χ3v) is 5.99. The standard InChI is InChI=1S/C28H17NO3/c30-29(31)26-16-15-19(17-25(26)22-12-5-8-18-7-1-2-9-20(18)22)21-11-6-13-24-23-10-3-4-14-27(23)32-28(21)24/h1-17H. The molecule has 0 fully saturated rings. The number of furan rings is 1. The second-order valence-electron chi connectivity index (χ2n) is 7.80. The Labute approximate surface area is 183 Å². The zero-order chi connectivity index (χ0) is 21.7. The first-order valence-corrected chi connectivity index (χ1v) is 10.4. The first kappa shape index (κ1) is 18.3. The monoisotopic (exact) mass is 415 g/mol. The highest BCUT2D eigenvalue weighted by Gasteiger charge is 2.20. The van der Waals surface area contributed by atoms with E-state index in [0.29, 0.717) is 5.56 Å². The van der Waals surface area contributed by atoms with Crippen molar-refractivity contribution in [3.8, 4) is 22.3 Å². The molecule has 4 nitrogen and oxygen atoms in total. The normalized spacial score (nSPS) is 11.4. The molecule has 6 aromatic rings. The first-order chi connectivity index (χ1) is 15.7. The van der Waals surface area contributed by atoms with E-state index in [-0.39, 0.29) is 10.6 Å². The summed E-state index contributed by atoms with van der Waals surface area (Å²) in [5, 5.41) is 16.0. The van der Waals surface area contributed by atoms with E-state index in [1.165, 1.54) is 0 Å². The van der Waals surface area contributed by atoms with Crippen molar-refractivity contribution in [2.75, 3.05) is 0 Å². The van der Waals surface area contributed by atoms with Crippen molar-refractivity contribution in [3.63, 3.8) is 0 Å². The average Bonchev–Trinajstić information content (AvgIpc) is 3.22. The van der Waals surface area contributed by atoms with Crippen LogP contribution in [0.5, 0.6) is 0 Å². The Balaban J connectivity index is 1.64. The van der Waals surface area contributed by atoms with Gasteiger partial charge in [-0.15, -0.1) is 0 Å². The minimum Gasteiger partial charge on any atom is -0.455 e. The number of rotatable bonds is 3. The Morgan fingerprint density at radius 1 is 0.625 bits per heavy atom. The molecule has 6 rings (SSSR count). The predicted octanol–water partition coefficient (Wildman–Crippen LogP) is 7.98. The van der Waals surface area contributed by atoms with Gasteiger partial charge >= 0.3 is 0 Å². The summed E-state index contributed by atoms with van der Waals surface area (Å²) >= 11 is 0. The maximum atomic E-state index is 11.9. The van der Waals surface area contributed by atoms with Gasteiger partial charge in [0.2, 0.25) is 0 Å². The van der Waals surface area contributed by atoms with Crippen molar-refractivity contribution in [1.82, 2.24) is 0 Å². The summed E-state index contributed by atoms with van der Waals surface area (Å²) in [6, 6.07) is 33.1. The molecule has 152 valence electrons. The number of nitro groups is 1. The zero-order valence-corrected chi connectivity index (χ0v) is 17.0. The maximum absolute atomic E-state index is 11.9. The van der Waals surface area contributed by atoms with Gasteiger partial charge in [0.15, 0.2) is 0 Å². The third kappa shape index (κ3) is 2.77. The van der Waals surface area contributed by atoms with Crippen molar-refractivity contribution in [1.29, 1.82) is 0 Å². The van der Waals surface area contributed by atoms with Crippen molar-refractivity contribution in [2.24, 2.45) is 0 Å². The van der Waals surface area contributed by atoms with Crippen molar-refractivity contribution >= 4 is 38.4 Å². The smallest absolute Gasteiger partial charge is 0.277 e. The van der Waals surface area contributed by atoms with E-state index in [9.17, 15) is 10.1 Å². The molecule has 0 saturated carbocycles. The van der Waals surface area contributed by atoms with E-state index in [1.54, 1.807) is 12.1 Å². The van der Waals surface area contributed by atoms with Crippen LogP contribution in [0.3, 0.4) is 0 Å². The van der Waals surface area contributed by atoms with Gasteiger partial charge in [-0.05, 0) is 40.1 Å². The molecule has 0 amide bonds. The van der Waals surface area contributed by atoms with Crippen LogP contribution in [-0.4, -0.2) is 4.92 Å². The Kier molecular flexibility index (Phi) is 4.05. The van der Waals surface area contributed by atoms with Crippen LogP contribution in [0.25, 0.3) is 55.0 Å². The van der Waals surface area contributed by atoms with E-state index in [0.717, 1.165) is 49.4 Å². The topological polar surface area (TPSA) is 56.3 Å². The molecule has 0 atom stereocenters. The van der Waals surface area contributed by atoms with Gasteiger partial charge in [-0.25, -0.2) is 0 Å². The summed E-state index contributed by atoms with van der Waals surface area (Å²) < 4.78 is 6.20. The second-order valence-corrected chi connectivity index (χ2v) is 7.80. The molecule has 0 spiro atoms. The molecule has 5 aromatic carbocycles. The Hall–Kier alpha value is -4.44. The molecule has 0 aliphatic carbocycles. The minimum absolute atomic E-state index is 0.0851. The van der Waals surface area contributed by atoms with Crippen LogP contribution < -0.4 is 0 Å². The van der Waals surface area contributed by atoms with Gasteiger partial charge in [0, 0.05) is 22.4 Å². The van der Waals surface area contributed by atoms with Gasteiger partial charge in [0.25, 0.3) is 5.69 Å². The van der Waals surface area contributed by atoms with E-state index < -0.39 is 0 Å². The summed E-state index contributed by atoms with van der Waals surface area (Å²) in [6.45, 7) is 0. The lowest BCUT2D eigenvalue weighted by atomic mass is 9.93. The summed E-state index contributed by atoms with van der Waals surface area (Å²) in [5.74, 6) is 0. The summed E-state index contributed by atoms with van der Waals surface area (Å²) in [6.07, 6.45) is 0. The van der Waals surface area contributed by atoms with Crippen LogP contribution >= 0.6 is 0 Å². The molecule has 1 aromatic heterocycles. The van der Waals surface area contributed by atoms with Crippen molar-refractivity contribution in [2.45, 2.75) is 0 Å². The molecule has 0 unspecified atom stereocenters. The number of para-hydroxylation sites is 2. The number of nitro benzene ring substituents is 1.